The Labute approximate surface area is 121 Å². The number of nitrogens with one attached hydrogen (secondary N) is 1. The SMILES string of the molecule is COCc1nc(C2CCCC(C)C2)[nH]c(=O)c1I. The molecule has 1 aromatic rings. The van der Waals surface area contributed by atoms with E-state index in [2.05, 4.69) is 16.9 Å². The first-order valence-corrected chi connectivity index (χ1v) is 7.47. The molecule has 0 radical (unpaired) electrons. The van der Waals surface area contributed by atoms with Crippen LogP contribution in [0.15, 0.2) is 4.79 Å². The number of hydrogen-bond acceptors (Lipinski definition) is 3. The highest BCUT2D eigenvalue weighted by Crippen LogP contribution is 2.34. The van der Waals surface area contributed by atoms with Crippen molar-refractivity contribution in [3.63, 3.8) is 0 Å². The lowest BCUT2D eigenvalue weighted by Crippen LogP contribution is -2.22. The molecule has 0 bridgehead atoms. The molecule has 2 unspecified atom stereocenters. The maximum atomic E-state index is 11.9. The average molecular weight is 362 g/mol. The van der Waals surface area contributed by atoms with Crippen LogP contribution >= 0.6 is 22.6 Å². The molecule has 5 heteroatoms. The fourth-order valence-corrected chi connectivity index (χ4v) is 3.04. The smallest absolute Gasteiger partial charge is 0.264 e. The van der Waals surface area contributed by atoms with Gasteiger partial charge in [0, 0.05) is 13.0 Å². The molecule has 1 aliphatic rings. The molecule has 0 amide bonds. The highest BCUT2D eigenvalue weighted by atomic mass is 127. The van der Waals surface area contributed by atoms with E-state index in [9.17, 15) is 4.79 Å². The molecule has 1 aliphatic carbocycles. The third-order valence-electron chi connectivity index (χ3n) is 3.55. The second kappa shape index (κ2) is 6.14. The predicted molar refractivity (Wildman–Crippen MR) is 78.7 cm³/mol. The number of halogens is 1. The minimum Gasteiger partial charge on any atom is -0.378 e. The van der Waals surface area contributed by atoms with E-state index in [1.807, 2.05) is 22.6 Å². The van der Waals surface area contributed by atoms with Gasteiger partial charge in [0.25, 0.3) is 5.56 Å². The van der Waals surface area contributed by atoms with Crippen LogP contribution in [0.2, 0.25) is 0 Å². The summed E-state index contributed by atoms with van der Waals surface area (Å²) in [7, 11) is 1.63. The molecule has 0 aromatic carbocycles. The summed E-state index contributed by atoms with van der Waals surface area (Å²) in [6.07, 6.45) is 4.76. The second-order valence-electron chi connectivity index (χ2n) is 5.11. The van der Waals surface area contributed by atoms with Gasteiger partial charge in [0.2, 0.25) is 0 Å². The van der Waals surface area contributed by atoms with Gasteiger partial charge in [-0.2, -0.15) is 0 Å². The molecule has 0 saturated heterocycles. The van der Waals surface area contributed by atoms with Crippen LogP contribution in [0, 0.1) is 9.49 Å². The Balaban J connectivity index is 2.30. The Morgan fingerprint density at radius 2 is 2.28 bits per heavy atom. The van der Waals surface area contributed by atoms with Crippen LogP contribution in [-0.2, 0) is 11.3 Å². The van der Waals surface area contributed by atoms with Crippen LogP contribution in [0.1, 0.15) is 50.0 Å². The van der Waals surface area contributed by atoms with Crippen molar-refractivity contribution in [3.8, 4) is 0 Å². The zero-order valence-corrected chi connectivity index (χ0v) is 13.0. The maximum absolute atomic E-state index is 11.9. The molecule has 2 rings (SSSR count). The number of methoxy groups -OCH3 is 1. The minimum absolute atomic E-state index is 0.0362. The van der Waals surface area contributed by atoms with Crippen LogP contribution in [0.4, 0.5) is 0 Å². The zero-order chi connectivity index (χ0) is 13.1. The van der Waals surface area contributed by atoms with Crippen molar-refractivity contribution in [1.82, 2.24) is 9.97 Å². The summed E-state index contributed by atoms with van der Waals surface area (Å²) in [6, 6.07) is 0. The van der Waals surface area contributed by atoms with Gasteiger partial charge in [-0.15, -0.1) is 0 Å². The van der Waals surface area contributed by atoms with E-state index in [1.165, 1.54) is 12.8 Å². The summed E-state index contributed by atoms with van der Waals surface area (Å²) in [5, 5.41) is 0. The van der Waals surface area contributed by atoms with E-state index >= 15 is 0 Å². The van der Waals surface area contributed by atoms with E-state index in [1.54, 1.807) is 7.11 Å². The van der Waals surface area contributed by atoms with E-state index in [0.29, 0.717) is 16.1 Å². The van der Waals surface area contributed by atoms with E-state index in [4.69, 9.17) is 4.74 Å². The lowest BCUT2D eigenvalue weighted by molar-refractivity contribution is 0.180. The van der Waals surface area contributed by atoms with Crippen LogP contribution in [0.3, 0.4) is 0 Å². The molecule has 2 atom stereocenters. The summed E-state index contributed by atoms with van der Waals surface area (Å²) in [4.78, 5) is 19.4. The molecule has 18 heavy (non-hydrogen) atoms. The van der Waals surface area contributed by atoms with Gasteiger partial charge in [-0.1, -0.05) is 19.8 Å². The molecule has 0 spiro atoms. The van der Waals surface area contributed by atoms with Gasteiger partial charge in [0.1, 0.15) is 9.39 Å². The molecule has 1 fully saturated rings. The van der Waals surface area contributed by atoms with Crippen molar-refractivity contribution >= 4 is 22.6 Å². The fraction of sp³-hybridized carbons (Fsp3) is 0.692. The van der Waals surface area contributed by atoms with Gasteiger partial charge < -0.3 is 9.72 Å². The predicted octanol–water partition coefficient (Wildman–Crippen LogP) is 2.81. The van der Waals surface area contributed by atoms with Crippen LogP contribution in [0.5, 0.6) is 0 Å². The summed E-state index contributed by atoms with van der Waals surface area (Å²) in [5.74, 6) is 1.97. The first-order chi connectivity index (χ1) is 8.61. The first-order valence-electron chi connectivity index (χ1n) is 6.39. The summed E-state index contributed by atoms with van der Waals surface area (Å²) < 4.78 is 5.75. The molecule has 1 N–H and O–H groups in total. The van der Waals surface area contributed by atoms with Crippen molar-refractivity contribution in [1.29, 1.82) is 0 Å². The number of hydrogen-bond donors (Lipinski definition) is 1. The molecular weight excluding hydrogens is 343 g/mol. The van der Waals surface area contributed by atoms with Gasteiger partial charge in [0.05, 0.1) is 12.3 Å². The van der Waals surface area contributed by atoms with Gasteiger partial charge >= 0.3 is 0 Å². The van der Waals surface area contributed by atoms with Crippen molar-refractivity contribution in [3.05, 3.63) is 25.4 Å². The Hall–Kier alpha value is -0.430. The summed E-state index contributed by atoms with van der Waals surface area (Å²) >= 11 is 2.03. The fourth-order valence-electron chi connectivity index (χ4n) is 2.63. The molecule has 100 valence electrons. The monoisotopic (exact) mass is 362 g/mol. The standard InChI is InChI=1S/C13H19IN2O2/c1-8-4-3-5-9(6-8)12-15-10(7-18-2)11(14)13(17)16-12/h8-9H,3-7H2,1-2H3,(H,15,16,17). The number of ether oxygens (including phenoxy) is 1. The Bertz CT molecular complexity index is 473. The van der Waals surface area contributed by atoms with Crippen LogP contribution in [-0.4, -0.2) is 17.1 Å². The van der Waals surface area contributed by atoms with Crippen molar-refractivity contribution in [2.45, 2.75) is 45.1 Å². The van der Waals surface area contributed by atoms with Crippen LogP contribution in [0.25, 0.3) is 0 Å². The number of H-pyrrole nitrogens is 1. The van der Waals surface area contributed by atoms with Gasteiger partial charge in [-0.25, -0.2) is 4.98 Å². The Morgan fingerprint density at radius 3 is 2.94 bits per heavy atom. The lowest BCUT2D eigenvalue weighted by Gasteiger charge is -2.26. The molecule has 0 aliphatic heterocycles. The summed E-state index contributed by atoms with van der Waals surface area (Å²) in [5.41, 5.74) is 0.723. The molecule has 1 heterocycles. The maximum Gasteiger partial charge on any atom is 0.264 e. The Morgan fingerprint density at radius 1 is 1.50 bits per heavy atom. The number of aromatic nitrogens is 2. The van der Waals surface area contributed by atoms with Crippen molar-refractivity contribution in [2.24, 2.45) is 5.92 Å². The van der Waals surface area contributed by atoms with Gasteiger partial charge in [-0.05, 0) is 41.4 Å². The zero-order valence-electron chi connectivity index (χ0n) is 10.8. The average Bonchev–Trinajstić information content (AvgIpc) is 2.35. The second-order valence-corrected chi connectivity index (χ2v) is 6.19. The number of aromatic amines is 1. The number of nitrogens with zero attached hydrogens (tertiary/aromatic N) is 1. The highest BCUT2D eigenvalue weighted by Gasteiger charge is 2.23. The first kappa shape index (κ1) is 14.0. The largest absolute Gasteiger partial charge is 0.378 e. The number of rotatable bonds is 3. The summed E-state index contributed by atoms with van der Waals surface area (Å²) in [6.45, 7) is 2.67. The highest BCUT2D eigenvalue weighted by molar-refractivity contribution is 14.1. The molecular formula is C13H19IN2O2. The van der Waals surface area contributed by atoms with E-state index in [0.717, 1.165) is 30.3 Å². The van der Waals surface area contributed by atoms with E-state index < -0.39 is 0 Å². The van der Waals surface area contributed by atoms with Gasteiger partial charge in [-0.3, -0.25) is 4.79 Å². The molecule has 1 aromatic heterocycles. The lowest BCUT2D eigenvalue weighted by atomic mass is 9.82. The van der Waals surface area contributed by atoms with Crippen LogP contribution < -0.4 is 5.56 Å². The van der Waals surface area contributed by atoms with Crippen molar-refractivity contribution in [2.75, 3.05) is 7.11 Å². The van der Waals surface area contributed by atoms with Crippen molar-refractivity contribution < 1.29 is 4.74 Å². The topological polar surface area (TPSA) is 55.0 Å². The normalized spacial score (nSPS) is 24.2. The third kappa shape index (κ3) is 3.12. The third-order valence-corrected chi connectivity index (χ3v) is 4.67. The van der Waals surface area contributed by atoms with Gasteiger partial charge in [0.15, 0.2) is 0 Å². The molecule has 4 nitrogen and oxygen atoms in total. The quantitative estimate of drug-likeness (QED) is 0.842. The minimum atomic E-state index is -0.0362. The Kier molecular flexibility index (Phi) is 4.77. The molecule has 1 saturated carbocycles. The van der Waals surface area contributed by atoms with E-state index in [-0.39, 0.29) is 5.56 Å².